The van der Waals surface area contributed by atoms with E-state index in [0.29, 0.717) is 63.6 Å². The molecule has 5 unspecified atom stereocenters. The van der Waals surface area contributed by atoms with Gasteiger partial charge in [0.25, 0.3) is 16.0 Å². The highest BCUT2D eigenvalue weighted by Crippen LogP contribution is 2.19. The summed E-state index contributed by atoms with van der Waals surface area (Å²) in [6, 6.07) is 0. The molecule has 37 heavy (non-hydrogen) atoms. The van der Waals surface area contributed by atoms with Crippen LogP contribution in [0.1, 0.15) is 6.42 Å². The van der Waals surface area contributed by atoms with Gasteiger partial charge in [-0.05, 0) is 0 Å². The molecular formula is C21H43N2O13S+. The molecule has 1 heterocycles. The van der Waals surface area contributed by atoms with Gasteiger partial charge in [0, 0.05) is 13.0 Å². The number of amides is 1. The summed E-state index contributed by atoms with van der Waals surface area (Å²) in [4.78, 5) is 12.0. The zero-order valence-corrected chi connectivity index (χ0v) is 22.3. The van der Waals surface area contributed by atoms with Crippen LogP contribution in [-0.4, -0.2) is 167 Å². The first kappa shape index (κ1) is 34.0. The SMILES string of the molecule is C[N+](C)(CCCS(=O)(=O)O)CCOCCOCCOCCOCCNC(=O)C1OC(O)C(O)C(O)C1O. The molecule has 5 atom stereocenters. The summed E-state index contributed by atoms with van der Waals surface area (Å²) in [6.45, 7) is 4.24. The highest BCUT2D eigenvalue weighted by atomic mass is 32.2. The standard InChI is InChI=1S/C21H42N2O13S/c1-23(2,5-3-15-37(29,30)31)6-8-33-10-12-35-14-13-34-11-9-32-7-4-22-20(27)19-17(25)16(24)18(26)21(28)36-19/h16-19,21,24-26,28H,3-15H2,1-2H3,(H-,22,27,29,30,31)/p+1. The van der Waals surface area contributed by atoms with Gasteiger partial charge in [0.2, 0.25) is 0 Å². The normalized spacial score (nSPS) is 24.8. The lowest BCUT2D eigenvalue weighted by atomic mass is 9.98. The second kappa shape index (κ2) is 17.5. The first-order valence-corrected chi connectivity index (χ1v) is 13.7. The zero-order chi connectivity index (χ0) is 27.9. The van der Waals surface area contributed by atoms with Gasteiger partial charge in [-0.3, -0.25) is 9.35 Å². The van der Waals surface area contributed by atoms with Crippen LogP contribution in [0.2, 0.25) is 0 Å². The third-order valence-electron chi connectivity index (χ3n) is 5.51. The molecule has 0 saturated carbocycles. The number of carbonyl (C=O) groups excluding carboxylic acids is 1. The first-order chi connectivity index (χ1) is 17.3. The average molecular weight is 564 g/mol. The van der Waals surface area contributed by atoms with E-state index in [1.165, 1.54) is 0 Å². The Kier molecular flexibility index (Phi) is 16.1. The molecule has 1 rings (SSSR count). The Labute approximate surface area is 217 Å². The Hall–Kier alpha value is -1.02. The van der Waals surface area contributed by atoms with Crippen LogP contribution in [0.4, 0.5) is 0 Å². The molecular weight excluding hydrogens is 520 g/mol. The van der Waals surface area contributed by atoms with Crippen LogP contribution in [0.3, 0.4) is 0 Å². The van der Waals surface area contributed by atoms with Gasteiger partial charge < -0.3 is 53.9 Å². The zero-order valence-electron chi connectivity index (χ0n) is 21.4. The second-order valence-electron chi connectivity index (χ2n) is 9.18. The molecule has 15 nitrogen and oxygen atoms in total. The molecule has 1 aliphatic heterocycles. The molecule has 0 aromatic heterocycles. The van der Waals surface area contributed by atoms with E-state index >= 15 is 0 Å². The van der Waals surface area contributed by atoms with Crippen LogP contribution in [0, 0.1) is 0 Å². The number of carbonyl (C=O) groups is 1. The van der Waals surface area contributed by atoms with Crippen molar-refractivity contribution in [3.8, 4) is 0 Å². The van der Waals surface area contributed by atoms with Crippen molar-refractivity contribution in [3.63, 3.8) is 0 Å². The molecule has 0 bridgehead atoms. The summed E-state index contributed by atoms with van der Waals surface area (Å²) in [5.74, 6) is -0.999. The molecule has 1 amide bonds. The Morgan fingerprint density at radius 2 is 1.32 bits per heavy atom. The van der Waals surface area contributed by atoms with Crippen LogP contribution in [0.25, 0.3) is 0 Å². The number of nitrogens with zero attached hydrogens (tertiary/aromatic N) is 1. The van der Waals surface area contributed by atoms with Gasteiger partial charge in [0.15, 0.2) is 12.4 Å². The molecule has 0 aliphatic carbocycles. The second-order valence-corrected chi connectivity index (χ2v) is 10.8. The number of hydrogen-bond donors (Lipinski definition) is 6. The topological polar surface area (TPSA) is 211 Å². The molecule has 0 aromatic rings. The van der Waals surface area contributed by atoms with Crippen molar-refractivity contribution >= 4 is 16.0 Å². The van der Waals surface area contributed by atoms with E-state index in [1.807, 2.05) is 14.1 Å². The van der Waals surface area contributed by atoms with Gasteiger partial charge in [-0.1, -0.05) is 0 Å². The van der Waals surface area contributed by atoms with Crippen LogP contribution >= 0.6 is 0 Å². The van der Waals surface area contributed by atoms with E-state index in [2.05, 4.69) is 5.32 Å². The van der Waals surface area contributed by atoms with Crippen molar-refractivity contribution in [1.29, 1.82) is 0 Å². The summed E-state index contributed by atoms with van der Waals surface area (Å²) in [6.07, 6.45) is -8.01. The van der Waals surface area contributed by atoms with Gasteiger partial charge in [0.1, 0.15) is 24.9 Å². The van der Waals surface area contributed by atoms with Gasteiger partial charge in [-0.15, -0.1) is 0 Å². The van der Waals surface area contributed by atoms with Gasteiger partial charge in [0.05, 0.1) is 79.2 Å². The van der Waals surface area contributed by atoms with E-state index < -0.39 is 46.7 Å². The molecule has 0 radical (unpaired) electrons. The number of quaternary nitrogens is 1. The number of aliphatic hydroxyl groups excluding tert-OH is 4. The van der Waals surface area contributed by atoms with Crippen molar-refractivity contribution in [3.05, 3.63) is 0 Å². The lowest BCUT2D eigenvalue weighted by Gasteiger charge is -2.37. The smallest absolute Gasteiger partial charge is 0.265 e. The van der Waals surface area contributed by atoms with E-state index in [0.717, 1.165) is 0 Å². The molecule has 1 saturated heterocycles. The Morgan fingerprint density at radius 3 is 1.86 bits per heavy atom. The number of hydrogen-bond acceptors (Lipinski definition) is 12. The lowest BCUT2D eigenvalue weighted by Crippen LogP contribution is -2.61. The highest BCUT2D eigenvalue weighted by molar-refractivity contribution is 7.85. The van der Waals surface area contributed by atoms with Crippen LogP contribution in [0.15, 0.2) is 0 Å². The molecule has 6 N–H and O–H groups in total. The third kappa shape index (κ3) is 15.2. The van der Waals surface area contributed by atoms with Crippen LogP contribution in [-0.2, 0) is 38.6 Å². The molecule has 0 spiro atoms. The summed E-state index contributed by atoms with van der Waals surface area (Å²) in [5.41, 5.74) is 0. The van der Waals surface area contributed by atoms with Crippen molar-refractivity contribution in [2.24, 2.45) is 0 Å². The summed E-state index contributed by atoms with van der Waals surface area (Å²) < 4.78 is 57.3. The van der Waals surface area contributed by atoms with E-state index in [4.69, 9.17) is 28.2 Å². The van der Waals surface area contributed by atoms with Crippen molar-refractivity contribution in [1.82, 2.24) is 5.32 Å². The van der Waals surface area contributed by atoms with E-state index in [-0.39, 0.29) is 25.5 Å². The Balaban J connectivity index is 1.91. The minimum absolute atomic E-state index is 0.101. The highest BCUT2D eigenvalue weighted by Gasteiger charge is 2.46. The van der Waals surface area contributed by atoms with E-state index in [9.17, 15) is 33.6 Å². The number of aliphatic hydroxyl groups is 4. The summed E-state index contributed by atoms with van der Waals surface area (Å²) in [5, 5.41) is 40.7. The van der Waals surface area contributed by atoms with Gasteiger partial charge in [-0.25, -0.2) is 0 Å². The molecule has 1 fully saturated rings. The Bertz CT molecular complexity index is 740. The van der Waals surface area contributed by atoms with Crippen molar-refractivity contribution in [2.75, 3.05) is 92.3 Å². The number of likely N-dealkylation sites (N-methyl/N-ethyl adjacent to an activating group) is 1. The average Bonchev–Trinajstić information content (AvgIpc) is 2.81. The summed E-state index contributed by atoms with van der Waals surface area (Å²) >= 11 is 0. The van der Waals surface area contributed by atoms with Crippen molar-refractivity contribution < 1.29 is 66.4 Å². The molecule has 0 aromatic carbocycles. The van der Waals surface area contributed by atoms with Crippen LogP contribution in [0.5, 0.6) is 0 Å². The molecule has 1 aliphatic rings. The number of nitrogens with one attached hydrogen (secondary N) is 1. The predicted molar refractivity (Wildman–Crippen MR) is 128 cm³/mol. The number of ether oxygens (including phenoxy) is 5. The first-order valence-electron chi connectivity index (χ1n) is 12.1. The van der Waals surface area contributed by atoms with Gasteiger partial charge in [-0.2, -0.15) is 8.42 Å². The fraction of sp³-hybridized carbons (Fsp3) is 0.952. The maximum absolute atomic E-state index is 12.0. The van der Waals surface area contributed by atoms with Crippen LogP contribution < -0.4 is 5.32 Å². The van der Waals surface area contributed by atoms with E-state index in [1.54, 1.807) is 0 Å². The minimum Gasteiger partial charge on any atom is -0.387 e. The summed E-state index contributed by atoms with van der Waals surface area (Å²) in [7, 11) is -0.00306. The lowest BCUT2D eigenvalue weighted by molar-refractivity contribution is -0.890. The monoisotopic (exact) mass is 563 g/mol. The fourth-order valence-electron chi connectivity index (χ4n) is 3.29. The van der Waals surface area contributed by atoms with Crippen molar-refractivity contribution in [2.45, 2.75) is 37.1 Å². The molecule has 16 heteroatoms. The van der Waals surface area contributed by atoms with Gasteiger partial charge >= 0.3 is 0 Å². The largest absolute Gasteiger partial charge is 0.387 e. The quantitative estimate of drug-likeness (QED) is 0.0479. The minimum atomic E-state index is -3.93. The Morgan fingerprint density at radius 1 is 0.811 bits per heavy atom. The molecule has 220 valence electrons. The fourth-order valence-corrected chi connectivity index (χ4v) is 3.78. The third-order valence-corrected chi connectivity index (χ3v) is 6.32. The predicted octanol–water partition coefficient (Wildman–Crippen LogP) is -3.68. The maximum Gasteiger partial charge on any atom is 0.265 e. The number of rotatable bonds is 20. The maximum atomic E-state index is 12.0.